The predicted octanol–water partition coefficient (Wildman–Crippen LogP) is 5.18. The number of methoxy groups -OCH3 is 2. The first-order chi connectivity index (χ1) is 16.8. The van der Waals surface area contributed by atoms with Gasteiger partial charge in [-0.25, -0.2) is 4.79 Å². The molecule has 1 N–H and O–H groups in total. The third kappa shape index (κ3) is 4.33. The number of aliphatic hydroxyl groups excluding tert-OH is 1. The number of rotatable bonds is 5. The molecule has 4 rings (SSSR count). The van der Waals surface area contributed by atoms with Gasteiger partial charge in [0.2, 0.25) is 0 Å². The summed E-state index contributed by atoms with van der Waals surface area (Å²) in [6, 6.07) is 17.4. The van der Waals surface area contributed by atoms with Crippen LogP contribution in [0.25, 0.3) is 5.76 Å². The lowest BCUT2D eigenvalue weighted by Crippen LogP contribution is -2.29. The van der Waals surface area contributed by atoms with Gasteiger partial charge < -0.3 is 14.6 Å². The second kappa shape index (κ2) is 9.76. The number of carbonyl (C=O) groups is 3. The lowest BCUT2D eigenvalue weighted by atomic mass is 9.94. The van der Waals surface area contributed by atoms with Gasteiger partial charge >= 0.3 is 5.97 Å². The standard InChI is InChI=1S/C27H22BrNO6/c1-15-13-16(11-12-20(15)28)24(30)22-23(19-9-4-5-10-21(19)34-2)29(26(32)25(22)31)18-8-6-7-17(14-18)27(33)35-3/h4-14,23,30H,1-3H3/b24-22+. The third-order valence-corrected chi connectivity index (χ3v) is 6.74. The number of anilines is 1. The van der Waals surface area contributed by atoms with E-state index in [1.54, 1.807) is 60.7 Å². The van der Waals surface area contributed by atoms with Crippen LogP contribution in [0.3, 0.4) is 0 Å². The van der Waals surface area contributed by atoms with Gasteiger partial charge in [-0.3, -0.25) is 14.5 Å². The van der Waals surface area contributed by atoms with E-state index in [0.717, 1.165) is 10.0 Å². The van der Waals surface area contributed by atoms with E-state index in [1.165, 1.54) is 25.2 Å². The zero-order valence-corrected chi connectivity index (χ0v) is 20.8. The predicted molar refractivity (Wildman–Crippen MR) is 134 cm³/mol. The molecule has 1 aliphatic rings. The quantitative estimate of drug-likeness (QED) is 0.209. The van der Waals surface area contributed by atoms with E-state index in [2.05, 4.69) is 15.9 Å². The Morgan fingerprint density at radius 1 is 0.971 bits per heavy atom. The highest BCUT2D eigenvalue weighted by Gasteiger charge is 2.48. The summed E-state index contributed by atoms with van der Waals surface area (Å²) in [4.78, 5) is 40.1. The summed E-state index contributed by atoms with van der Waals surface area (Å²) in [6.07, 6.45) is 0. The van der Waals surface area contributed by atoms with Gasteiger partial charge in [0, 0.05) is 21.3 Å². The molecule has 7 nitrogen and oxygen atoms in total. The molecular weight excluding hydrogens is 514 g/mol. The number of amides is 1. The van der Waals surface area contributed by atoms with E-state index in [-0.39, 0.29) is 16.9 Å². The molecule has 0 aliphatic carbocycles. The monoisotopic (exact) mass is 535 g/mol. The Labute approximate surface area is 210 Å². The van der Waals surface area contributed by atoms with Crippen molar-refractivity contribution in [2.24, 2.45) is 0 Å². The summed E-state index contributed by atoms with van der Waals surface area (Å²) in [5.41, 5.74) is 2.19. The summed E-state index contributed by atoms with van der Waals surface area (Å²) in [5.74, 6) is -2.13. The van der Waals surface area contributed by atoms with Gasteiger partial charge in [-0.05, 0) is 48.9 Å². The highest BCUT2D eigenvalue weighted by atomic mass is 79.9. The highest BCUT2D eigenvalue weighted by molar-refractivity contribution is 9.10. The number of hydrogen-bond acceptors (Lipinski definition) is 6. The van der Waals surface area contributed by atoms with Crippen molar-refractivity contribution in [1.29, 1.82) is 0 Å². The largest absolute Gasteiger partial charge is 0.507 e. The Morgan fingerprint density at radius 3 is 2.40 bits per heavy atom. The molecule has 1 atom stereocenters. The Morgan fingerprint density at radius 2 is 1.71 bits per heavy atom. The number of hydrogen-bond donors (Lipinski definition) is 1. The Balaban J connectivity index is 1.98. The number of aliphatic hydroxyl groups is 1. The number of aryl methyl sites for hydroxylation is 1. The van der Waals surface area contributed by atoms with E-state index in [4.69, 9.17) is 9.47 Å². The zero-order valence-electron chi connectivity index (χ0n) is 19.2. The van der Waals surface area contributed by atoms with Crippen LogP contribution in [-0.2, 0) is 14.3 Å². The van der Waals surface area contributed by atoms with E-state index in [9.17, 15) is 19.5 Å². The average Bonchev–Trinajstić information content (AvgIpc) is 3.14. The zero-order chi connectivity index (χ0) is 25.3. The first-order valence-electron chi connectivity index (χ1n) is 10.7. The van der Waals surface area contributed by atoms with Gasteiger partial charge in [0.25, 0.3) is 11.7 Å². The molecule has 1 amide bonds. The number of ether oxygens (including phenoxy) is 2. The molecule has 1 saturated heterocycles. The van der Waals surface area contributed by atoms with Gasteiger partial charge in [0.15, 0.2) is 0 Å². The molecule has 3 aromatic carbocycles. The first kappa shape index (κ1) is 24.2. The molecule has 0 aromatic heterocycles. The summed E-state index contributed by atoms with van der Waals surface area (Å²) in [5, 5.41) is 11.3. The van der Waals surface area contributed by atoms with Crippen LogP contribution in [0.4, 0.5) is 5.69 Å². The third-order valence-electron chi connectivity index (χ3n) is 5.85. The summed E-state index contributed by atoms with van der Waals surface area (Å²) in [7, 11) is 2.75. The molecule has 178 valence electrons. The summed E-state index contributed by atoms with van der Waals surface area (Å²) in [6.45, 7) is 1.86. The van der Waals surface area contributed by atoms with Crippen molar-refractivity contribution >= 4 is 45.0 Å². The highest BCUT2D eigenvalue weighted by Crippen LogP contribution is 2.45. The van der Waals surface area contributed by atoms with Crippen LogP contribution in [-0.4, -0.2) is 37.0 Å². The van der Waals surface area contributed by atoms with Gasteiger partial charge in [-0.15, -0.1) is 0 Å². The maximum atomic E-state index is 13.4. The second-order valence-electron chi connectivity index (χ2n) is 7.92. The molecule has 1 unspecified atom stereocenters. The van der Waals surface area contributed by atoms with Crippen molar-refractivity contribution in [3.63, 3.8) is 0 Å². The fraction of sp³-hybridized carbons (Fsp3) is 0.148. The molecular formula is C27H22BrNO6. The van der Waals surface area contributed by atoms with Crippen molar-refractivity contribution in [3.05, 3.63) is 99.0 Å². The van der Waals surface area contributed by atoms with Crippen molar-refractivity contribution < 1.29 is 29.0 Å². The average molecular weight is 536 g/mol. The van der Waals surface area contributed by atoms with Crippen LogP contribution < -0.4 is 9.64 Å². The number of Topliss-reactive ketones (excluding diaryl/α,β-unsaturated/α-hetero) is 1. The number of nitrogens with zero attached hydrogens (tertiary/aromatic N) is 1. The van der Waals surface area contributed by atoms with E-state index >= 15 is 0 Å². The second-order valence-corrected chi connectivity index (χ2v) is 8.77. The van der Waals surface area contributed by atoms with Crippen molar-refractivity contribution in [1.82, 2.24) is 0 Å². The molecule has 0 saturated carbocycles. The Kier molecular flexibility index (Phi) is 6.75. The summed E-state index contributed by atoms with van der Waals surface area (Å²) >= 11 is 3.43. The number of esters is 1. The molecule has 0 spiro atoms. The molecule has 1 fully saturated rings. The fourth-order valence-corrected chi connectivity index (χ4v) is 4.38. The maximum absolute atomic E-state index is 13.4. The van der Waals surface area contributed by atoms with E-state index < -0.39 is 23.7 Å². The molecule has 35 heavy (non-hydrogen) atoms. The smallest absolute Gasteiger partial charge is 0.337 e. The van der Waals surface area contributed by atoms with Gasteiger partial charge in [0.1, 0.15) is 11.5 Å². The van der Waals surface area contributed by atoms with Crippen molar-refractivity contribution in [3.8, 4) is 5.75 Å². The molecule has 8 heteroatoms. The normalized spacial score (nSPS) is 16.9. The number of ketones is 1. The topological polar surface area (TPSA) is 93.1 Å². The maximum Gasteiger partial charge on any atom is 0.337 e. The Hall–Kier alpha value is -3.91. The minimum absolute atomic E-state index is 0.0790. The molecule has 3 aromatic rings. The van der Waals surface area contributed by atoms with Crippen molar-refractivity contribution in [2.45, 2.75) is 13.0 Å². The van der Waals surface area contributed by atoms with Gasteiger partial charge in [-0.1, -0.05) is 46.3 Å². The number of benzene rings is 3. The number of halogens is 1. The Bertz CT molecular complexity index is 1380. The SMILES string of the molecule is COC(=O)c1cccc(N2C(=O)C(=O)/C(=C(/O)c3ccc(Br)c(C)c3)C2c2ccccc2OC)c1. The first-order valence-corrected chi connectivity index (χ1v) is 11.5. The van der Waals surface area contributed by atoms with Crippen LogP contribution in [0.15, 0.2) is 76.8 Å². The molecule has 0 bridgehead atoms. The minimum atomic E-state index is -0.997. The molecule has 1 heterocycles. The number of carbonyl (C=O) groups excluding carboxylic acids is 3. The molecule has 0 radical (unpaired) electrons. The van der Waals surface area contributed by atoms with Crippen LogP contribution in [0.2, 0.25) is 0 Å². The molecule has 1 aliphatic heterocycles. The van der Waals surface area contributed by atoms with Crippen LogP contribution in [0, 0.1) is 6.92 Å². The van der Waals surface area contributed by atoms with E-state index in [1.807, 2.05) is 6.92 Å². The number of para-hydroxylation sites is 1. The lowest BCUT2D eigenvalue weighted by Gasteiger charge is -2.27. The summed E-state index contributed by atoms with van der Waals surface area (Å²) < 4.78 is 11.2. The lowest BCUT2D eigenvalue weighted by molar-refractivity contribution is -0.132. The van der Waals surface area contributed by atoms with Gasteiger partial charge in [0.05, 0.1) is 31.4 Å². The van der Waals surface area contributed by atoms with Gasteiger partial charge in [-0.2, -0.15) is 0 Å². The van der Waals surface area contributed by atoms with Crippen LogP contribution in [0.1, 0.15) is 33.1 Å². The van der Waals surface area contributed by atoms with Crippen LogP contribution in [0.5, 0.6) is 5.75 Å². The fourth-order valence-electron chi connectivity index (χ4n) is 4.13. The van der Waals surface area contributed by atoms with E-state index in [0.29, 0.717) is 22.6 Å². The van der Waals surface area contributed by atoms with Crippen molar-refractivity contribution in [2.75, 3.05) is 19.1 Å². The minimum Gasteiger partial charge on any atom is -0.507 e. The van der Waals surface area contributed by atoms with Crippen LogP contribution >= 0.6 is 15.9 Å².